The van der Waals surface area contributed by atoms with Gasteiger partial charge in [0.2, 0.25) is 5.91 Å². The highest BCUT2D eigenvalue weighted by atomic mass is 16.7. The maximum Gasteiger partial charge on any atom is 0.220 e. The van der Waals surface area contributed by atoms with Gasteiger partial charge in [-0.15, -0.1) is 0 Å². The highest BCUT2D eigenvalue weighted by Gasteiger charge is 2.44. The molecule has 0 bridgehead atoms. The molecule has 9 heteroatoms. The van der Waals surface area contributed by atoms with Gasteiger partial charge in [0, 0.05) is 6.42 Å². The van der Waals surface area contributed by atoms with Gasteiger partial charge in [-0.2, -0.15) is 0 Å². The summed E-state index contributed by atoms with van der Waals surface area (Å²) in [5, 5.41) is 54.6. The number of nitrogens with one attached hydrogen (secondary N) is 1. The molecule has 1 amide bonds. The largest absolute Gasteiger partial charge is 0.394 e. The number of allylic oxidation sites excluding steroid dienone is 11. The molecule has 7 atom stereocenters. The van der Waals surface area contributed by atoms with Crippen molar-refractivity contribution < 1.29 is 39.8 Å². The number of ether oxygens (including phenoxy) is 2. The molecule has 9 nitrogen and oxygen atoms in total. The van der Waals surface area contributed by atoms with E-state index in [4.69, 9.17) is 9.47 Å². The zero-order chi connectivity index (χ0) is 55.0. The molecule has 76 heavy (non-hydrogen) atoms. The Labute approximate surface area is 468 Å². The smallest absolute Gasteiger partial charge is 0.220 e. The highest BCUT2D eigenvalue weighted by molar-refractivity contribution is 5.76. The molecule has 0 saturated carbocycles. The first-order valence-electron chi connectivity index (χ1n) is 32.2. The minimum atomic E-state index is -1.58. The fourth-order valence-electron chi connectivity index (χ4n) is 9.99. The second-order valence-electron chi connectivity index (χ2n) is 22.2. The van der Waals surface area contributed by atoms with E-state index in [0.29, 0.717) is 6.42 Å². The van der Waals surface area contributed by atoms with Crippen LogP contribution < -0.4 is 5.32 Å². The molecular formula is C67H121NO8. The first-order valence-corrected chi connectivity index (χ1v) is 32.2. The SMILES string of the molecule is CC/C=C\C/C=C\C/C=C\C/C=C\CCCCCCCCCCC(=O)NC(COC1OC(CO)C(O)C(O)C1O)C(O)/C=C/CC/C=C/CCCCCCCCCCCCCCCCCCCCCCCCCCCC. The molecule has 0 radical (unpaired) electrons. The first-order chi connectivity index (χ1) is 37.3. The topological polar surface area (TPSA) is 149 Å². The molecule has 1 rings (SSSR count). The van der Waals surface area contributed by atoms with Crippen LogP contribution in [0.5, 0.6) is 0 Å². The van der Waals surface area contributed by atoms with Crippen molar-refractivity contribution >= 4 is 5.91 Å². The molecule has 7 unspecified atom stereocenters. The van der Waals surface area contributed by atoms with Crippen LogP contribution in [-0.4, -0.2) is 87.5 Å². The summed E-state index contributed by atoms with van der Waals surface area (Å²) in [6.45, 7) is 3.67. The number of hydrogen-bond acceptors (Lipinski definition) is 8. The Morgan fingerprint density at radius 3 is 1.26 bits per heavy atom. The van der Waals surface area contributed by atoms with Crippen LogP contribution in [-0.2, 0) is 14.3 Å². The van der Waals surface area contributed by atoms with E-state index in [1.165, 1.54) is 193 Å². The summed E-state index contributed by atoms with van der Waals surface area (Å²) in [5.74, 6) is -0.195. The minimum Gasteiger partial charge on any atom is -0.394 e. The van der Waals surface area contributed by atoms with E-state index in [2.05, 4.69) is 79.9 Å². The normalized spacial score (nSPS) is 19.3. The van der Waals surface area contributed by atoms with E-state index in [1.54, 1.807) is 6.08 Å². The van der Waals surface area contributed by atoms with Crippen molar-refractivity contribution in [2.75, 3.05) is 13.2 Å². The van der Waals surface area contributed by atoms with Crippen molar-refractivity contribution in [1.82, 2.24) is 5.32 Å². The molecule has 0 aliphatic carbocycles. The number of carbonyl (C=O) groups excluding carboxylic acids is 1. The van der Waals surface area contributed by atoms with Gasteiger partial charge in [-0.3, -0.25) is 4.79 Å². The van der Waals surface area contributed by atoms with Crippen molar-refractivity contribution in [2.45, 2.75) is 333 Å². The van der Waals surface area contributed by atoms with E-state index in [1.807, 2.05) is 6.08 Å². The lowest BCUT2D eigenvalue weighted by Gasteiger charge is -2.40. The summed E-state index contributed by atoms with van der Waals surface area (Å²) in [4.78, 5) is 13.1. The lowest BCUT2D eigenvalue weighted by molar-refractivity contribution is -0.302. The third-order valence-electron chi connectivity index (χ3n) is 15.0. The minimum absolute atomic E-state index is 0.195. The van der Waals surface area contributed by atoms with Gasteiger partial charge in [-0.25, -0.2) is 0 Å². The summed E-state index contributed by atoms with van der Waals surface area (Å²) in [5.41, 5.74) is 0. The van der Waals surface area contributed by atoms with Crippen LogP contribution in [0.1, 0.15) is 290 Å². The monoisotopic (exact) mass is 1070 g/mol. The number of rotatable bonds is 55. The van der Waals surface area contributed by atoms with Crippen molar-refractivity contribution in [3.63, 3.8) is 0 Å². The molecule has 6 N–H and O–H groups in total. The van der Waals surface area contributed by atoms with Gasteiger partial charge in [-0.05, 0) is 70.6 Å². The molecule has 0 spiro atoms. The van der Waals surface area contributed by atoms with Crippen molar-refractivity contribution in [3.05, 3.63) is 72.9 Å². The molecule has 0 aromatic carbocycles. The van der Waals surface area contributed by atoms with E-state index in [9.17, 15) is 30.3 Å². The Hall–Kier alpha value is -2.37. The van der Waals surface area contributed by atoms with Crippen LogP contribution in [0.3, 0.4) is 0 Å². The second kappa shape index (κ2) is 55.9. The lowest BCUT2D eigenvalue weighted by atomic mass is 9.99. The summed E-state index contributed by atoms with van der Waals surface area (Å²) in [6, 6.07) is -0.832. The van der Waals surface area contributed by atoms with Gasteiger partial charge in [0.05, 0.1) is 25.4 Å². The molecule has 1 heterocycles. The number of unbranched alkanes of at least 4 members (excludes halogenated alkanes) is 35. The van der Waals surface area contributed by atoms with E-state index < -0.39 is 49.5 Å². The van der Waals surface area contributed by atoms with Gasteiger partial charge in [0.1, 0.15) is 24.4 Å². The first kappa shape index (κ1) is 71.6. The molecule has 0 aromatic heterocycles. The molecule has 1 saturated heterocycles. The zero-order valence-corrected chi connectivity index (χ0v) is 49.3. The lowest BCUT2D eigenvalue weighted by Crippen LogP contribution is -2.60. The third kappa shape index (κ3) is 44.5. The Kier molecular flexibility index (Phi) is 52.7. The highest BCUT2D eigenvalue weighted by Crippen LogP contribution is 2.23. The van der Waals surface area contributed by atoms with Crippen molar-refractivity contribution in [1.29, 1.82) is 0 Å². The summed E-state index contributed by atoms with van der Waals surface area (Å²) in [6.07, 6.45) is 71.4. The Balaban J connectivity index is 2.18. The number of amides is 1. The van der Waals surface area contributed by atoms with E-state index >= 15 is 0 Å². The summed E-state index contributed by atoms with van der Waals surface area (Å²) in [7, 11) is 0. The number of hydrogen-bond donors (Lipinski definition) is 6. The van der Waals surface area contributed by atoms with Crippen LogP contribution in [0, 0.1) is 0 Å². The Morgan fingerprint density at radius 2 is 0.829 bits per heavy atom. The number of aliphatic hydroxyl groups excluding tert-OH is 5. The fourth-order valence-corrected chi connectivity index (χ4v) is 9.99. The number of aliphatic hydroxyl groups is 5. The summed E-state index contributed by atoms with van der Waals surface area (Å²) >= 11 is 0. The standard InChI is InChI=1S/C67H121NO8/c1-3-5-7-9-11-13-15-17-19-21-23-25-26-27-28-29-30-31-32-33-34-35-37-38-40-42-44-46-48-50-52-54-56-61(70)60(59-75-67-66(74)65(73)64(72)62(58-69)76-67)68-63(71)57-55-53-51-49-47-45-43-41-39-36-24-22-20-18-16-14-12-10-8-6-4-2/h6,8,12,14,18,20,24,36,46,48,54,56,60-62,64-67,69-70,72-74H,3-5,7,9-11,13,15-17,19,21-23,25-35,37-45,47,49-53,55,57-59H2,1-2H3,(H,68,71)/b8-6-,14-12-,20-18-,36-24-,48-46+,56-54+. The Morgan fingerprint density at radius 1 is 0.461 bits per heavy atom. The quantitative estimate of drug-likeness (QED) is 0.0261. The molecule has 1 fully saturated rings. The van der Waals surface area contributed by atoms with Crippen LogP contribution in [0.4, 0.5) is 0 Å². The third-order valence-corrected chi connectivity index (χ3v) is 15.0. The van der Waals surface area contributed by atoms with E-state index in [0.717, 1.165) is 77.0 Å². The van der Waals surface area contributed by atoms with Gasteiger partial charge in [0.25, 0.3) is 0 Å². The van der Waals surface area contributed by atoms with Gasteiger partial charge < -0.3 is 40.3 Å². The van der Waals surface area contributed by atoms with Crippen LogP contribution >= 0.6 is 0 Å². The number of carbonyl (C=O) groups is 1. The molecular weight excluding hydrogens is 947 g/mol. The van der Waals surface area contributed by atoms with E-state index in [-0.39, 0.29) is 12.5 Å². The van der Waals surface area contributed by atoms with Crippen molar-refractivity contribution in [2.24, 2.45) is 0 Å². The van der Waals surface area contributed by atoms with Crippen LogP contribution in [0.25, 0.3) is 0 Å². The van der Waals surface area contributed by atoms with Gasteiger partial charge in [0.15, 0.2) is 6.29 Å². The van der Waals surface area contributed by atoms with Crippen LogP contribution in [0.15, 0.2) is 72.9 Å². The summed E-state index contributed by atoms with van der Waals surface area (Å²) < 4.78 is 11.3. The predicted octanol–water partition coefficient (Wildman–Crippen LogP) is 16.8. The second-order valence-corrected chi connectivity index (χ2v) is 22.2. The average molecular weight is 1070 g/mol. The maximum atomic E-state index is 13.1. The zero-order valence-electron chi connectivity index (χ0n) is 49.3. The van der Waals surface area contributed by atoms with Gasteiger partial charge in [-0.1, -0.05) is 286 Å². The molecule has 1 aliphatic heterocycles. The fraction of sp³-hybridized carbons (Fsp3) is 0.806. The maximum absolute atomic E-state index is 13.1. The molecule has 442 valence electrons. The van der Waals surface area contributed by atoms with Crippen LogP contribution in [0.2, 0.25) is 0 Å². The molecule has 0 aromatic rings. The van der Waals surface area contributed by atoms with Gasteiger partial charge >= 0.3 is 0 Å². The predicted molar refractivity (Wildman–Crippen MR) is 322 cm³/mol. The average Bonchev–Trinajstić information content (AvgIpc) is 3.42. The Bertz CT molecular complexity index is 1420. The van der Waals surface area contributed by atoms with Crippen molar-refractivity contribution in [3.8, 4) is 0 Å². The molecule has 1 aliphatic rings.